The number of hydrogen-bond acceptors (Lipinski definition) is 6. The number of esters is 1. The van der Waals surface area contributed by atoms with E-state index in [1.54, 1.807) is 24.3 Å². The van der Waals surface area contributed by atoms with Gasteiger partial charge in [-0.3, -0.25) is 14.5 Å². The maximum atomic E-state index is 12.2. The van der Waals surface area contributed by atoms with Crippen molar-refractivity contribution in [3.63, 3.8) is 0 Å². The third-order valence-corrected chi connectivity index (χ3v) is 6.10. The first-order valence-electron chi connectivity index (χ1n) is 9.49. The van der Waals surface area contributed by atoms with Gasteiger partial charge in [-0.2, -0.15) is 0 Å². The Labute approximate surface area is 179 Å². The van der Waals surface area contributed by atoms with Gasteiger partial charge in [-0.25, -0.2) is 13.2 Å². The van der Waals surface area contributed by atoms with E-state index in [1.165, 1.54) is 13.0 Å². The summed E-state index contributed by atoms with van der Waals surface area (Å²) < 4.78 is 31.6. The molecule has 0 radical (unpaired) electrons. The van der Waals surface area contributed by atoms with Gasteiger partial charge in [0.15, 0.2) is 6.61 Å². The lowest BCUT2D eigenvalue weighted by Crippen LogP contribution is -2.28. The highest BCUT2D eigenvalue weighted by Crippen LogP contribution is 2.23. The van der Waals surface area contributed by atoms with Crippen LogP contribution in [0, 0.1) is 0 Å². The smallest absolute Gasteiger partial charge is 0.331 e. The van der Waals surface area contributed by atoms with Gasteiger partial charge in [0.25, 0.3) is 15.9 Å². The SMILES string of the molecule is C[C@@H](N=C1NS(=O)(=O)c2ccccc21)C(=O)OCC(=O)Nc1ccc2ccccc2c1. The molecule has 1 heterocycles. The molecule has 9 heteroatoms. The Kier molecular flexibility index (Phi) is 5.43. The number of ether oxygens (including phenoxy) is 1. The van der Waals surface area contributed by atoms with Crippen LogP contribution in [0.25, 0.3) is 10.8 Å². The number of nitrogens with one attached hydrogen (secondary N) is 2. The molecule has 1 aliphatic rings. The molecular weight excluding hydrogens is 418 g/mol. The molecule has 1 aliphatic heterocycles. The first-order chi connectivity index (χ1) is 14.8. The molecule has 0 spiro atoms. The average Bonchev–Trinajstić information content (AvgIpc) is 3.02. The average molecular weight is 437 g/mol. The van der Waals surface area contributed by atoms with Crippen LogP contribution in [-0.2, 0) is 24.3 Å². The van der Waals surface area contributed by atoms with Gasteiger partial charge in [-0.15, -0.1) is 0 Å². The van der Waals surface area contributed by atoms with E-state index >= 15 is 0 Å². The summed E-state index contributed by atoms with van der Waals surface area (Å²) >= 11 is 0. The van der Waals surface area contributed by atoms with Crippen molar-refractivity contribution in [2.75, 3.05) is 11.9 Å². The zero-order valence-electron chi connectivity index (χ0n) is 16.5. The van der Waals surface area contributed by atoms with Crippen LogP contribution in [0.1, 0.15) is 12.5 Å². The predicted molar refractivity (Wildman–Crippen MR) is 116 cm³/mol. The van der Waals surface area contributed by atoms with Gasteiger partial charge in [0.1, 0.15) is 11.9 Å². The normalized spacial score (nSPS) is 16.4. The first kappa shape index (κ1) is 20.5. The lowest BCUT2D eigenvalue weighted by atomic mass is 10.1. The fraction of sp³-hybridized carbons (Fsp3) is 0.136. The van der Waals surface area contributed by atoms with Crippen molar-refractivity contribution < 1.29 is 22.7 Å². The van der Waals surface area contributed by atoms with Crippen molar-refractivity contribution in [2.24, 2.45) is 4.99 Å². The monoisotopic (exact) mass is 437 g/mol. The van der Waals surface area contributed by atoms with Gasteiger partial charge in [-0.1, -0.05) is 42.5 Å². The van der Waals surface area contributed by atoms with E-state index in [1.807, 2.05) is 36.4 Å². The molecular formula is C22H19N3O5S. The van der Waals surface area contributed by atoms with Crippen LogP contribution in [0.3, 0.4) is 0 Å². The molecule has 8 nitrogen and oxygen atoms in total. The highest BCUT2D eigenvalue weighted by molar-refractivity contribution is 7.90. The van der Waals surface area contributed by atoms with Crippen molar-refractivity contribution in [3.8, 4) is 0 Å². The number of fused-ring (bicyclic) bond motifs is 2. The zero-order valence-corrected chi connectivity index (χ0v) is 17.3. The number of carbonyl (C=O) groups excluding carboxylic acids is 2. The number of hydrogen-bond donors (Lipinski definition) is 2. The largest absolute Gasteiger partial charge is 0.454 e. The summed E-state index contributed by atoms with van der Waals surface area (Å²) in [4.78, 5) is 28.6. The molecule has 0 fully saturated rings. The molecule has 0 saturated carbocycles. The highest BCUT2D eigenvalue weighted by atomic mass is 32.2. The molecule has 31 heavy (non-hydrogen) atoms. The molecule has 4 rings (SSSR count). The third-order valence-electron chi connectivity index (χ3n) is 4.71. The fourth-order valence-corrected chi connectivity index (χ4v) is 4.44. The van der Waals surface area contributed by atoms with Crippen LogP contribution < -0.4 is 10.0 Å². The van der Waals surface area contributed by atoms with Crippen LogP contribution in [0.5, 0.6) is 0 Å². The molecule has 0 bridgehead atoms. The molecule has 3 aromatic carbocycles. The summed E-state index contributed by atoms with van der Waals surface area (Å²) in [7, 11) is -3.70. The fourth-order valence-electron chi connectivity index (χ4n) is 3.20. The number of rotatable bonds is 5. The van der Waals surface area contributed by atoms with Crippen molar-refractivity contribution in [3.05, 3.63) is 72.3 Å². The number of amidine groups is 1. The number of carbonyl (C=O) groups is 2. The van der Waals surface area contributed by atoms with Crippen molar-refractivity contribution in [2.45, 2.75) is 17.9 Å². The molecule has 0 aromatic heterocycles. The molecule has 0 unspecified atom stereocenters. The van der Waals surface area contributed by atoms with E-state index in [9.17, 15) is 18.0 Å². The summed E-state index contributed by atoms with van der Waals surface area (Å²) in [6, 6.07) is 18.5. The maximum absolute atomic E-state index is 12.2. The lowest BCUT2D eigenvalue weighted by Gasteiger charge is -2.10. The van der Waals surface area contributed by atoms with Crippen LogP contribution in [0.15, 0.2) is 76.6 Å². The summed E-state index contributed by atoms with van der Waals surface area (Å²) in [5.41, 5.74) is 0.973. The molecule has 1 amide bonds. The summed E-state index contributed by atoms with van der Waals surface area (Å²) in [5.74, 6) is -1.17. The molecule has 0 aliphatic carbocycles. The minimum absolute atomic E-state index is 0.0701. The second-order valence-electron chi connectivity index (χ2n) is 6.97. The minimum Gasteiger partial charge on any atom is -0.454 e. The van der Waals surface area contributed by atoms with Crippen molar-refractivity contribution in [1.29, 1.82) is 0 Å². The Hall–Kier alpha value is -3.72. The molecule has 0 saturated heterocycles. The number of nitrogens with zero attached hydrogens (tertiary/aromatic N) is 1. The minimum atomic E-state index is -3.70. The van der Waals surface area contributed by atoms with Crippen molar-refractivity contribution in [1.82, 2.24) is 4.72 Å². The summed E-state index contributed by atoms with van der Waals surface area (Å²) in [6.07, 6.45) is 0. The molecule has 3 aromatic rings. The van der Waals surface area contributed by atoms with Gasteiger partial charge in [0, 0.05) is 11.3 Å². The Morgan fingerprint density at radius 1 is 1.03 bits per heavy atom. The van der Waals surface area contributed by atoms with E-state index in [-0.39, 0.29) is 10.7 Å². The number of sulfonamides is 1. The molecule has 1 atom stereocenters. The number of benzene rings is 3. The molecule has 2 N–H and O–H groups in total. The first-order valence-corrected chi connectivity index (χ1v) is 11.0. The van der Waals surface area contributed by atoms with E-state index in [4.69, 9.17) is 4.74 Å². The second kappa shape index (κ2) is 8.19. The topological polar surface area (TPSA) is 114 Å². The summed E-state index contributed by atoms with van der Waals surface area (Å²) in [6.45, 7) is 0.981. The number of amides is 1. The lowest BCUT2D eigenvalue weighted by molar-refractivity contribution is -0.148. The standard InChI is InChI=1S/C22H19N3O5S/c1-14(23-21-18-8-4-5-9-19(18)31(28,29)25-21)22(27)30-13-20(26)24-17-11-10-15-6-2-3-7-16(15)12-17/h2-12,14H,13H2,1H3,(H,23,25)(H,24,26)/t14-/m1/s1. The zero-order chi connectivity index (χ0) is 22.0. The molecule has 158 valence electrons. The van der Waals surface area contributed by atoms with Crippen molar-refractivity contribution >= 4 is 44.2 Å². The third kappa shape index (κ3) is 4.41. The number of anilines is 1. The van der Waals surface area contributed by atoms with E-state index < -0.39 is 34.5 Å². The van der Waals surface area contributed by atoms with Gasteiger partial charge in [-0.05, 0) is 42.0 Å². The van der Waals surface area contributed by atoms with Crippen LogP contribution >= 0.6 is 0 Å². The Morgan fingerprint density at radius 2 is 1.74 bits per heavy atom. The van der Waals surface area contributed by atoms with Gasteiger partial charge in [0.05, 0.1) is 4.90 Å². The van der Waals surface area contributed by atoms with Gasteiger partial charge in [0.2, 0.25) is 0 Å². The van der Waals surface area contributed by atoms with Crippen LogP contribution in [0.2, 0.25) is 0 Å². The van der Waals surface area contributed by atoms with Crippen LogP contribution in [-0.4, -0.2) is 38.8 Å². The number of aliphatic imine (C=N–C) groups is 1. The highest BCUT2D eigenvalue weighted by Gasteiger charge is 2.31. The Morgan fingerprint density at radius 3 is 2.55 bits per heavy atom. The quantitative estimate of drug-likeness (QED) is 0.595. The predicted octanol–water partition coefficient (Wildman–Crippen LogP) is 2.45. The van der Waals surface area contributed by atoms with E-state index in [0.29, 0.717) is 11.3 Å². The van der Waals surface area contributed by atoms with Gasteiger partial charge >= 0.3 is 5.97 Å². The maximum Gasteiger partial charge on any atom is 0.331 e. The van der Waals surface area contributed by atoms with Gasteiger partial charge < -0.3 is 10.1 Å². The summed E-state index contributed by atoms with van der Waals surface area (Å²) in [5, 5.41) is 4.70. The van der Waals surface area contributed by atoms with E-state index in [0.717, 1.165) is 10.8 Å². The van der Waals surface area contributed by atoms with Crippen LogP contribution in [0.4, 0.5) is 5.69 Å². The van der Waals surface area contributed by atoms with E-state index in [2.05, 4.69) is 15.0 Å². The Bertz CT molecular complexity index is 1320. The Balaban J connectivity index is 1.37. The second-order valence-corrected chi connectivity index (χ2v) is 8.62.